The lowest BCUT2D eigenvalue weighted by molar-refractivity contribution is 0.669. The van der Waals surface area contributed by atoms with Crippen LogP contribution in [0.3, 0.4) is 0 Å². The quantitative estimate of drug-likeness (QED) is 0.227. The molecule has 0 bridgehead atoms. The Labute approximate surface area is 221 Å². The highest BCUT2D eigenvalue weighted by atomic mass is 16.3. The van der Waals surface area contributed by atoms with Crippen LogP contribution in [0.25, 0.3) is 76.5 Å². The molecule has 1 aromatic heterocycles. The largest absolute Gasteiger partial charge is 0.456 e. The maximum atomic E-state index is 8.75. The van der Waals surface area contributed by atoms with Crippen LogP contribution in [0.2, 0.25) is 0 Å². The van der Waals surface area contributed by atoms with Gasteiger partial charge in [0.2, 0.25) is 0 Å². The molecule has 0 radical (unpaired) electrons. The van der Waals surface area contributed by atoms with Crippen molar-refractivity contribution in [1.82, 2.24) is 0 Å². The van der Waals surface area contributed by atoms with Gasteiger partial charge in [0.25, 0.3) is 0 Å². The summed E-state index contributed by atoms with van der Waals surface area (Å²) in [6.07, 6.45) is 0. The van der Waals surface area contributed by atoms with Gasteiger partial charge in [-0.25, -0.2) is 0 Å². The first-order valence-corrected chi connectivity index (χ1v) is 12.3. The fourth-order valence-corrected chi connectivity index (χ4v) is 5.70. The molecule has 1 heterocycles. The molecule has 0 unspecified atom stereocenters. The van der Waals surface area contributed by atoms with Gasteiger partial charge in [0.05, 0.1) is 6.85 Å². The number of furan rings is 1. The molecule has 1 heteroatoms. The second-order valence-corrected chi connectivity index (χ2v) is 9.35. The van der Waals surface area contributed by atoms with E-state index in [0.717, 1.165) is 65.4 Å². The number of benzene rings is 7. The topological polar surface area (TPSA) is 13.1 Å². The summed E-state index contributed by atoms with van der Waals surface area (Å²) in [5.41, 5.74) is 4.46. The molecule has 0 fully saturated rings. The molecule has 0 aliphatic rings. The minimum absolute atomic E-state index is 0.208. The van der Waals surface area contributed by atoms with Crippen molar-refractivity contribution in [1.29, 1.82) is 0 Å². The molecule has 1 nitrogen and oxygen atoms in total. The Morgan fingerprint density at radius 2 is 0.973 bits per heavy atom. The summed E-state index contributed by atoms with van der Waals surface area (Å²) >= 11 is 0. The lowest BCUT2D eigenvalue weighted by Crippen LogP contribution is -1.90. The molecule has 0 atom stereocenters. The van der Waals surface area contributed by atoms with E-state index in [1.54, 1.807) is 0 Å². The zero-order valence-electron chi connectivity index (χ0n) is 24.7. The zero-order chi connectivity index (χ0) is 28.7. The molecule has 0 amide bonds. The third-order valence-corrected chi connectivity index (χ3v) is 7.31. The maximum Gasteiger partial charge on any atom is 0.136 e. The normalized spacial score (nSPS) is 13.7. The highest BCUT2D eigenvalue weighted by molar-refractivity contribution is 6.22. The smallest absolute Gasteiger partial charge is 0.136 e. The summed E-state index contributed by atoms with van der Waals surface area (Å²) in [5.74, 6) is 0. The Morgan fingerprint density at radius 3 is 1.62 bits per heavy atom. The Bertz CT molecular complexity index is 2340. The summed E-state index contributed by atoms with van der Waals surface area (Å²) in [5, 5.41) is 7.91. The van der Waals surface area contributed by atoms with Crippen LogP contribution in [-0.4, -0.2) is 0 Å². The van der Waals surface area contributed by atoms with Crippen LogP contribution in [0, 0.1) is 0 Å². The van der Waals surface area contributed by atoms with Crippen molar-refractivity contribution in [3.63, 3.8) is 0 Å². The van der Waals surface area contributed by atoms with Crippen LogP contribution in [0.1, 0.15) is 6.85 Å². The first-order chi connectivity index (χ1) is 20.4. The van der Waals surface area contributed by atoms with Crippen LogP contribution in [0.15, 0.2) is 138 Å². The predicted octanol–water partition coefficient (Wildman–Crippen LogP) is 10.4. The van der Waals surface area contributed by atoms with E-state index in [-0.39, 0.29) is 29.7 Å². The van der Waals surface area contributed by atoms with Crippen molar-refractivity contribution < 1.29 is 11.3 Å². The van der Waals surface area contributed by atoms with Gasteiger partial charge in [0.1, 0.15) is 11.2 Å². The Kier molecular flexibility index (Phi) is 3.37. The van der Waals surface area contributed by atoms with Gasteiger partial charge in [-0.3, -0.25) is 0 Å². The van der Waals surface area contributed by atoms with Gasteiger partial charge in [-0.2, -0.15) is 0 Å². The molecule has 172 valence electrons. The summed E-state index contributed by atoms with van der Waals surface area (Å²) in [4.78, 5) is 0. The molecular formula is C36H22O. The van der Waals surface area contributed by atoms with Crippen molar-refractivity contribution >= 4 is 54.3 Å². The molecule has 37 heavy (non-hydrogen) atoms. The lowest BCUT2D eigenvalue weighted by atomic mass is 9.86. The van der Waals surface area contributed by atoms with E-state index in [4.69, 9.17) is 11.3 Å². The van der Waals surface area contributed by atoms with Gasteiger partial charge in [-0.15, -0.1) is 0 Å². The van der Waals surface area contributed by atoms with Gasteiger partial charge in [0, 0.05) is 10.8 Å². The molecule has 0 spiro atoms. The van der Waals surface area contributed by atoms with E-state index in [1.165, 1.54) is 0 Å². The molecular weight excluding hydrogens is 448 g/mol. The summed E-state index contributed by atoms with van der Waals surface area (Å²) in [6, 6.07) is 33.1. The number of hydrogen-bond acceptors (Lipinski definition) is 1. The van der Waals surface area contributed by atoms with Gasteiger partial charge < -0.3 is 4.42 Å². The highest BCUT2D eigenvalue weighted by Crippen LogP contribution is 2.44. The Balaban J connectivity index is 1.46. The van der Waals surface area contributed by atoms with Crippen LogP contribution in [0.5, 0.6) is 0 Å². The summed E-state index contributed by atoms with van der Waals surface area (Å²) in [7, 11) is 0. The lowest BCUT2D eigenvalue weighted by Gasteiger charge is -2.17. The van der Waals surface area contributed by atoms with E-state index in [0.29, 0.717) is 5.56 Å². The number of fused-ring (bicyclic) bond motifs is 6. The number of hydrogen-bond donors (Lipinski definition) is 0. The van der Waals surface area contributed by atoms with Crippen LogP contribution in [0.4, 0.5) is 0 Å². The summed E-state index contributed by atoms with van der Waals surface area (Å²) in [6.45, 7) is 0. The standard InChI is InChI=1S/C36H22O/c1-2-10-23(11-3-1)35-28-14-6-8-16-30(28)36(31-17-9-7-15-29(31)35)26-18-19-27-32-20-24-12-4-5-13-25(24)21-34(32)37-33(27)22-26/h1-22H/i1D,2D,3D,10D,11D. The van der Waals surface area contributed by atoms with Crippen LogP contribution >= 0.6 is 0 Å². The Morgan fingerprint density at radius 1 is 0.432 bits per heavy atom. The van der Waals surface area contributed by atoms with E-state index in [1.807, 2.05) is 60.7 Å². The molecule has 0 aliphatic heterocycles. The van der Waals surface area contributed by atoms with Gasteiger partial charge >= 0.3 is 0 Å². The molecule has 0 aliphatic carbocycles. The Hall–Kier alpha value is -4.88. The molecule has 8 aromatic rings. The van der Waals surface area contributed by atoms with E-state index < -0.39 is 6.04 Å². The van der Waals surface area contributed by atoms with Crippen molar-refractivity contribution in [3.8, 4) is 22.3 Å². The molecule has 7 aromatic carbocycles. The van der Waals surface area contributed by atoms with Gasteiger partial charge in [-0.05, 0) is 78.8 Å². The highest BCUT2D eigenvalue weighted by Gasteiger charge is 2.17. The maximum absolute atomic E-state index is 8.75. The minimum Gasteiger partial charge on any atom is -0.456 e. The molecule has 8 rings (SSSR count). The fourth-order valence-electron chi connectivity index (χ4n) is 5.70. The predicted molar refractivity (Wildman–Crippen MR) is 157 cm³/mol. The molecule has 0 saturated heterocycles. The van der Waals surface area contributed by atoms with Gasteiger partial charge in [-0.1, -0.05) is 109 Å². The van der Waals surface area contributed by atoms with Crippen LogP contribution in [-0.2, 0) is 0 Å². The van der Waals surface area contributed by atoms with Crippen molar-refractivity contribution in [2.24, 2.45) is 0 Å². The molecule has 0 N–H and O–H groups in total. The van der Waals surface area contributed by atoms with E-state index >= 15 is 0 Å². The third kappa shape index (κ3) is 3.04. The third-order valence-electron chi connectivity index (χ3n) is 7.31. The first-order valence-electron chi connectivity index (χ1n) is 14.8. The monoisotopic (exact) mass is 475 g/mol. The van der Waals surface area contributed by atoms with E-state index in [9.17, 15) is 0 Å². The second-order valence-electron chi connectivity index (χ2n) is 9.35. The minimum atomic E-state index is -0.397. The first kappa shape index (κ1) is 16.0. The summed E-state index contributed by atoms with van der Waals surface area (Å²) < 4.78 is 48.7. The van der Waals surface area contributed by atoms with E-state index in [2.05, 4.69) is 42.5 Å². The zero-order valence-corrected chi connectivity index (χ0v) is 19.7. The van der Waals surface area contributed by atoms with Crippen LogP contribution < -0.4 is 0 Å². The van der Waals surface area contributed by atoms with Crippen molar-refractivity contribution in [2.75, 3.05) is 0 Å². The van der Waals surface area contributed by atoms with Crippen molar-refractivity contribution in [3.05, 3.63) is 133 Å². The van der Waals surface area contributed by atoms with Crippen molar-refractivity contribution in [2.45, 2.75) is 0 Å². The number of rotatable bonds is 2. The average Bonchev–Trinajstić information content (AvgIpc) is 3.37. The molecule has 0 saturated carbocycles. The SMILES string of the molecule is [2H]c1c([2H])c([2H])c(-c2c3ccccc3c(-c3ccc4c(c3)oc3cc5ccccc5cc34)c3ccccc23)c([2H])c1[2H]. The second kappa shape index (κ2) is 7.81. The average molecular weight is 476 g/mol. The fraction of sp³-hybridized carbons (Fsp3) is 0. The van der Waals surface area contributed by atoms with Gasteiger partial charge in [0.15, 0.2) is 0 Å².